The van der Waals surface area contributed by atoms with E-state index in [0.717, 1.165) is 31.6 Å². The summed E-state index contributed by atoms with van der Waals surface area (Å²) in [4.78, 5) is 33.0. The number of aryl methyl sites for hydroxylation is 1. The van der Waals surface area contributed by atoms with Crippen molar-refractivity contribution in [2.75, 3.05) is 4.90 Å². The Morgan fingerprint density at radius 2 is 1.89 bits per heavy atom. The summed E-state index contributed by atoms with van der Waals surface area (Å²) in [5.41, 5.74) is 4.02. The van der Waals surface area contributed by atoms with Crippen LogP contribution in [0.3, 0.4) is 0 Å². The van der Waals surface area contributed by atoms with Crippen molar-refractivity contribution in [1.29, 1.82) is 0 Å². The minimum absolute atomic E-state index is 0.0460. The number of fused-ring (bicyclic) bond motifs is 2. The van der Waals surface area contributed by atoms with Crippen LogP contribution in [-0.2, 0) is 16.0 Å². The lowest BCUT2D eigenvalue weighted by Crippen LogP contribution is -2.29. The van der Waals surface area contributed by atoms with E-state index < -0.39 is 17.7 Å². The van der Waals surface area contributed by atoms with Gasteiger partial charge in [-0.05, 0) is 73.0 Å². The Hall–Kier alpha value is -3.49. The maximum Gasteiger partial charge on any atom is 0.301 e. The van der Waals surface area contributed by atoms with Crippen LogP contribution in [-0.4, -0.2) is 27.9 Å². The van der Waals surface area contributed by atoms with E-state index in [4.69, 9.17) is 4.74 Å². The first kappa shape index (κ1) is 22.9. The van der Waals surface area contributed by atoms with Crippen molar-refractivity contribution < 1.29 is 19.4 Å². The molecule has 6 rings (SSSR count). The SMILES string of the molecule is Cc1ccc2nc(N3C(=O)C(=O)/C(=C(/O)c4ccc5c(c4)C[C@@H](C)O5)[C@H]3c3ccc(Br)cc3)sc2c1. The van der Waals surface area contributed by atoms with Crippen molar-refractivity contribution in [3.05, 3.63) is 93.0 Å². The number of ketones is 1. The first-order chi connectivity index (χ1) is 17.3. The fourth-order valence-corrected chi connectivity index (χ4v) is 6.19. The van der Waals surface area contributed by atoms with Crippen LogP contribution < -0.4 is 9.64 Å². The molecule has 8 heteroatoms. The standard InChI is InChI=1S/C28H21BrN2O4S/c1-14-3-9-20-22(11-14)36-28(30-20)31-24(16-4-7-19(29)8-5-16)23(26(33)27(31)34)25(32)17-6-10-21-18(13-17)12-15(2)35-21/h3-11,13,15,24,32H,12H2,1-2H3/b25-23+/t15-,24-/m1/s1. The zero-order chi connectivity index (χ0) is 25.1. The Balaban J connectivity index is 1.53. The molecule has 3 heterocycles. The average Bonchev–Trinajstić information content (AvgIpc) is 3.51. The molecule has 0 unspecified atom stereocenters. The molecule has 3 aromatic carbocycles. The highest BCUT2D eigenvalue weighted by Crippen LogP contribution is 2.45. The van der Waals surface area contributed by atoms with Gasteiger partial charge in [-0.1, -0.05) is 45.5 Å². The van der Waals surface area contributed by atoms with Gasteiger partial charge in [0.2, 0.25) is 0 Å². The second-order valence-electron chi connectivity index (χ2n) is 9.14. The van der Waals surface area contributed by atoms with E-state index in [1.165, 1.54) is 16.2 Å². The van der Waals surface area contributed by atoms with Gasteiger partial charge in [0.05, 0.1) is 21.8 Å². The van der Waals surface area contributed by atoms with Crippen molar-refractivity contribution >= 4 is 60.1 Å². The number of rotatable bonds is 3. The van der Waals surface area contributed by atoms with Crippen LogP contribution in [0.4, 0.5) is 5.13 Å². The van der Waals surface area contributed by atoms with Gasteiger partial charge < -0.3 is 9.84 Å². The van der Waals surface area contributed by atoms with E-state index in [2.05, 4.69) is 20.9 Å². The number of aliphatic hydroxyl groups excluding tert-OH is 1. The third kappa shape index (κ3) is 3.72. The van der Waals surface area contributed by atoms with Crippen molar-refractivity contribution in [3.63, 3.8) is 0 Å². The number of aliphatic hydroxyl groups is 1. The Morgan fingerprint density at radius 3 is 2.67 bits per heavy atom. The zero-order valence-corrected chi connectivity index (χ0v) is 21.9. The van der Waals surface area contributed by atoms with Gasteiger partial charge in [0, 0.05) is 16.5 Å². The molecule has 2 atom stereocenters. The third-order valence-corrected chi connectivity index (χ3v) is 8.08. The number of Topliss-reactive ketones (excluding diaryl/α,β-unsaturated/α-hetero) is 1. The number of ether oxygens (including phenoxy) is 1. The van der Waals surface area contributed by atoms with Gasteiger partial charge in [0.1, 0.15) is 17.6 Å². The molecule has 0 saturated carbocycles. The predicted octanol–water partition coefficient (Wildman–Crippen LogP) is 6.32. The summed E-state index contributed by atoms with van der Waals surface area (Å²) < 4.78 is 7.57. The largest absolute Gasteiger partial charge is 0.507 e. The van der Waals surface area contributed by atoms with Crippen LogP contribution in [0.5, 0.6) is 5.75 Å². The lowest BCUT2D eigenvalue weighted by molar-refractivity contribution is -0.132. The number of benzene rings is 3. The number of nitrogens with zero attached hydrogens (tertiary/aromatic N) is 2. The second kappa shape index (κ2) is 8.57. The number of amides is 1. The molecule has 6 nitrogen and oxygen atoms in total. The van der Waals surface area contributed by atoms with Crippen LogP contribution in [0.25, 0.3) is 16.0 Å². The normalized spacial score (nSPS) is 20.7. The van der Waals surface area contributed by atoms with Crippen LogP contribution in [0, 0.1) is 6.92 Å². The monoisotopic (exact) mass is 560 g/mol. The topological polar surface area (TPSA) is 79.7 Å². The highest BCUT2D eigenvalue weighted by molar-refractivity contribution is 9.10. The minimum atomic E-state index is -0.816. The number of hydrogen-bond donors (Lipinski definition) is 1. The zero-order valence-electron chi connectivity index (χ0n) is 19.5. The fourth-order valence-electron chi connectivity index (χ4n) is 4.84. The van der Waals surface area contributed by atoms with Crippen molar-refractivity contribution in [1.82, 2.24) is 4.98 Å². The molecular weight excluding hydrogens is 540 g/mol. The molecular formula is C28H21BrN2O4S. The van der Waals surface area contributed by atoms with Gasteiger partial charge in [-0.15, -0.1) is 0 Å². The molecule has 1 N–H and O–H groups in total. The summed E-state index contributed by atoms with van der Waals surface area (Å²) in [6.45, 7) is 3.98. The maximum absolute atomic E-state index is 13.4. The second-order valence-corrected chi connectivity index (χ2v) is 11.1. The van der Waals surface area contributed by atoms with Crippen molar-refractivity contribution in [3.8, 4) is 5.75 Å². The van der Waals surface area contributed by atoms with Crippen LogP contribution in [0.2, 0.25) is 0 Å². The number of halogens is 1. The Morgan fingerprint density at radius 1 is 1.11 bits per heavy atom. The molecule has 36 heavy (non-hydrogen) atoms. The summed E-state index contributed by atoms with van der Waals surface area (Å²) in [5, 5.41) is 11.9. The van der Waals surface area contributed by atoms with E-state index in [-0.39, 0.29) is 17.4 Å². The maximum atomic E-state index is 13.4. The van der Waals surface area contributed by atoms with Crippen LogP contribution >= 0.6 is 27.3 Å². The number of carbonyl (C=O) groups excluding carboxylic acids is 2. The molecule has 2 aliphatic heterocycles. The minimum Gasteiger partial charge on any atom is -0.507 e. The Labute approximate surface area is 220 Å². The molecule has 180 valence electrons. The summed E-state index contributed by atoms with van der Waals surface area (Å²) in [7, 11) is 0. The van der Waals surface area contributed by atoms with Gasteiger partial charge >= 0.3 is 5.91 Å². The third-order valence-electron chi connectivity index (χ3n) is 6.54. The first-order valence-corrected chi connectivity index (χ1v) is 13.1. The smallest absolute Gasteiger partial charge is 0.301 e. The van der Waals surface area contributed by atoms with E-state index in [0.29, 0.717) is 22.7 Å². The number of aromatic nitrogens is 1. The summed E-state index contributed by atoms with van der Waals surface area (Å²) in [6.07, 6.45) is 0.764. The Bertz CT molecular complexity index is 1590. The Kier molecular flexibility index (Phi) is 5.46. The molecule has 0 aliphatic carbocycles. The molecule has 1 fully saturated rings. The van der Waals surface area contributed by atoms with Crippen LogP contribution in [0.1, 0.15) is 35.2 Å². The molecule has 1 saturated heterocycles. The van der Waals surface area contributed by atoms with Gasteiger partial charge in [0.25, 0.3) is 5.78 Å². The summed E-state index contributed by atoms with van der Waals surface area (Å²) in [5.74, 6) is -0.879. The molecule has 4 aromatic rings. The van der Waals surface area contributed by atoms with Gasteiger partial charge in [-0.2, -0.15) is 0 Å². The van der Waals surface area contributed by atoms with Gasteiger partial charge in [0.15, 0.2) is 5.13 Å². The molecule has 0 spiro atoms. The van der Waals surface area contributed by atoms with Gasteiger partial charge in [-0.25, -0.2) is 4.98 Å². The average molecular weight is 561 g/mol. The lowest BCUT2D eigenvalue weighted by Gasteiger charge is -2.23. The molecule has 0 bridgehead atoms. The van der Waals surface area contributed by atoms with E-state index in [9.17, 15) is 14.7 Å². The molecule has 1 aromatic heterocycles. The molecule has 2 aliphatic rings. The predicted molar refractivity (Wildman–Crippen MR) is 144 cm³/mol. The van der Waals surface area contributed by atoms with Gasteiger partial charge in [-0.3, -0.25) is 14.5 Å². The highest BCUT2D eigenvalue weighted by Gasteiger charge is 2.48. The number of hydrogen-bond acceptors (Lipinski definition) is 6. The number of carbonyl (C=O) groups is 2. The van der Waals surface area contributed by atoms with Crippen molar-refractivity contribution in [2.24, 2.45) is 0 Å². The van der Waals surface area contributed by atoms with Crippen molar-refractivity contribution in [2.45, 2.75) is 32.4 Å². The summed E-state index contributed by atoms with van der Waals surface area (Å²) >= 11 is 4.80. The lowest BCUT2D eigenvalue weighted by atomic mass is 9.94. The highest BCUT2D eigenvalue weighted by atomic mass is 79.9. The van der Waals surface area contributed by atoms with Crippen LogP contribution in [0.15, 0.2) is 70.7 Å². The van der Waals surface area contributed by atoms with E-state index in [1.54, 1.807) is 12.1 Å². The fraction of sp³-hybridized carbons (Fsp3) is 0.179. The van der Waals surface area contributed by atoms with E-state index >= 15 is 0 Å². The number of anilines is 1. The number of thiazole rings is 1. The summed E-state index contributed by atoms with van der Waals surface area (Å²) in [6, 6.07) is 17.8. The molecule has 0 radical (unpaired) electrons. The first-order valence-electron chi connectivity index (χ1n) is 11.5. The van der Waals surface area contributed by atoms with E-state index in [1.807, 2.05) is 62.4 Å². The molecule has 1 amide bonds. The quantitative estimate of drug-likeness (QED) is 0.180.